The molecule has 4 nitrogen and oxygen atoms in total. The molecule has 3 rings (SSSR count). The van der Waals surface area contributed by atoms with E-state index in [1.165, 1.54) is 0 Å². The Labute approximate surface area is 114 Å². The van der Waals surface area contributed by atoms with Gasteiger partial charge in [0, 0.05) is 10.8 Å². The average molecular weight is 268 g/mol. The summed E-state index contributed by atoms with van der Waals surface area (Å²) in [6, 6.07) is 0. The highest BCUT2D eigenvalue weighted by Crippen LogP contribution is 2.66. The van der Waals surface area contributed by atoms with E-state index in [0.717, 1.165) is 12.0 Å². The van der Waals surface area contributed by atoms with Gasteiger partial charge in [0.2, 0.25) is 0 Å². The van der Waals surface area contributed by atoms with E-state index < -0.39 is 34.7 Å². The second-order valence-corrected chi connectivity index (χ2v) is 7.03. The van der Waals surface area contributed by atoms with Crippen molar-refractivity contribution in [3.63, 3.8) is 0 Å². The maximum atomic E-state index is 10.6. The first-order valence-corrected chi connectivity index (χ1v) is 7.13. The van der Waals surface area contributed by atoms with E-state index in [9.17, 15) is 15.3 Å². The molecule has 1 heterocycles. The zero-order chi connectivity index (χ0) is 14.1. The van der Waals surface area contributed by atoms with E-state index in [1.807, 2.05) is 19.9 Å². The summed E-state index contributed by atoms with van der Waals surface area (Å²) >= 11 is 0. The highest BCUT2D eigenvalue weighted by molar-refractivity contribution is 5.27. The van der Waals surface area contributed by atoms with Crippen molar-refractivity contribution in [1.82, 2.24) is 0 Å². The third kappa shape index (κ3) is 1.43. The lowest BCUT2D eigenvalue weighted by Crippen LogP contribution is -2.60. The number of hydrogen-bond donors (Lipinski definition) is 3. The molecule has 1 spiro atoms. The van der Waals surface area contributed by atoms with E-state index in [0.29, 0.717) is 19.4 Å². The van der Waals surface area contributed by atoms with E-state index >= 15 is 0 Å². The van der Waals surface area contributed by atoms with Gasteiger partial charge in [0.15, 0.2) is 0 Å². The number of aliphatic hydroxyl groups excluding tert-OH is 3. The normalized spacial score (nSPS) is 57.4. The maximum absolute atomic E-state index is 10.6. The minimum absolute atomic E-state index is 0.407. The smallest absolute Gasteiger partial charge is 0.123 e. The van der Waals surface area contributed by atoms with Crippen LogP contribution in [0, 0.1) is 10.8 Å². The molecule has 4 heteroatoms. The molecule has 6 atom stereocenters. The van der Waals surface area contributed by atoms with Crippen LogP contribution in [0.4, 0.5) is 0 Å². The summed E-state index contributed by atoms with van der Waals surface area (Å²) < 4.78 is 5.63. The van der Waals surface area contributed by atoms with Gasteiger partial charge in [-0.3, -0.25) is 0 Å². The summed E-state index contributed by atoms with van der Waals surface area (Å²) in [5.74, 6) is 0. The lowest BCUT2D eigenvalue weighted by molar-refractivity contribution is -0.151. The van der Waals surface area contributed by atoms with Crippen LogP contribution in [0.3, 0.4) is 0 Å². The van der Waals surface area contributed by atoms with Gasteiger partial charge in [-0.15, -0.1) is 0 Å². The summed E-state index contributed by atoms with van der Waals surface area (Å²) in [5, 5.41) is 31.4. The van der Waals surface area contributed by atoms with Gasteiger partial charge in [-0.2, -0.15) is 0 Å². The number of ether oxygens (including phenoxy) is 1. The van der Waals surface area contributed by atoms with Crippen LogP contribution in [-0.4, -0.2) is 45.8 Å². The Morgan fingerprint density at radius 3 is 2.37 bits per heavy atom. The molecule has 1 saturated carbocycles. The fraction of sp³-hybridized carbons (Fsp3) is 0.867. The molecule has 0 aromatic carbocycles. The molecular weight excluding hydrogens is 244 g/mol. The monoisotopic (exact) mass is 268 g/mol. The van der Waals surface area contributed by atoms with Gasteiger partial charge < -0.3 is 20.1 Å². The third-order valence-corrected chi connectivity index (χ3v) is 6.30. The van der Waals surface area contributed by atoms with Crippen molar-refractivity contribution in [3.05, 3.63) is 11.6 Å². The van der Waals surface area contributed by atoms with Gasteiger partial charge >= 0.3 is 0 Å². The Kier molecular flexibility index (Phi) is 2.72. The molecule has 0 radical (unpaired) electrons. The number of aliphatic hydroxyl groups is 3. The summed E-state index contributed by atoms with van der Waals surface area (Å²) in [6.07, 6.45) is 2.07. The van der Waals surface area contributed by atoms with Gasteiger partial charge in [0.1, 0.15) is 5.60 Å². The zero-order valence-corrected chi connectivity index (χ0v) is 11.9. The van der Waals surface area contributed by atoms with Crippen molar-refractivity contribution < 1.29 is 20.1 Å². The second-order valence-electron chi connectivity index (χ2n) is 7.03. The lowest BCUT2D eigenvalue weighted by Gasteiger charge is -2.53. The minimum atomic E-state index is -0.701. The Morgan fingerprint density at radius 2 is 1.84 bits per heavy atom. The van der Waals surface area contributed by atoms with Crippen LogP contribution in [0.1, 0.15) is 40.0 Å². The van der Waals surface area contributed by atoms with Crippen LogP contribution >= 0.6 is 0 Å². The number of hydrogen-bond acceptors (Lipinski definition) is 4. The third-order valence-electron chi connectivity index (χ3n) is 6.30. The predicted octanol–water partition coefficient (Wildman–Crippen LogP) is 0.994. The Morgan fingerprint density at radius 1 is 1.21 bits per heavy atom. The van der Waals surface area contributed by atoms with Crippen LogP contribution < -0.4 is 0 Å². The quantitative estimate of drug-likeness (QED) is 0.490. The van der Waals surface area contributed by atoms with E-state index in [4.69, 9.17) is 4.74 Å². The van der Waals surface area contributed by atoms with Crippen LogP contribution in [0.5, 0.6) is 0 Å². The molecule has 2 aliphatic carbocycles. The fourth-order valence-corrected chi connectivity index (χ4v) is 4.47. The Hall–Kier alpha value is -0.420. The van der Waals surface area contributed by atoms with Gasteiger partial charge in [-0.25, -0.2) is 0 Å². The maximum Gasteiger partial charge on any atom is 0.123 e. The molecule has 3 aliphatic rings. The molecule has 0 aromatic rings. The first kappa shape index (κ1) is 13.6. The minimum Gasteiger partial charge on any atom is -0.392 e. The summed E-state index contributed by atoms with van der Waals surface area (Å²) in [4.78, 5) is 0. The van der Waals surface area contributed by atoms with Crippen molar-refractivity contribution in [2.24, 2.45) is 10.8 Å². The van der Waals surface area contributed by atoms with Crippen LogP contribution in [-0.2, 0) is 4.74 Å². The van der Waals surface area contributed by atoms with Gasteiger partial charge in [0.25, 0.3) is 0 Å². The SMILES string of the molecule is CC1=CC(O)C(C)(C2(C)CCC(O)C23CO3)C(O)C1. The van der Waals surface area contributed by atoms with Crippen LogP contribution in [0.25, 0.3) is 0 Å². The molecule has 2 fully saturated rings. The Balaban J connectivity index is 2.05. The number of epoxide rings is 1. The highest BCUT2D eigenvalue weighted by atomic mass is 16.6. The molecule has 1 saturated heterocycles. The second kappa shape index (κ2) is 3.82. The molecular formula is C15H24O4. The number of rotatable bonds is 1. The van der Waals surface area contributed by atoms with Crippen molar-refractivity contribution in [3.8, 4) is 0 Å². The Bertz CT molecular complexity index is 428. The predicted molar refractivity (Wildman–Crippen MR) is 70.5 cm³/mol. The van der Waals surface area contributed by atoms with Gasteiger partial charge in [-0.05, 0) is 26.2 Å². The van der Waals surface area contributed by atoms with Crippen molar-refractivity contribution >= 4 is 0 Å². The molecule has 3 N–H and O–H groups in total. The molecule has 1 aliphatic heterocycles. The standard InChI is InChI=1S/C15H24O4/c1-9-6-11(17)14(3,12(18)7-9)13(2)5-4-10(16)15(13)8-19-15/h6,10-12,16-18H,4-5,7-8H2,1-3H3. The topological polar surface area (TPSA) is 73.2 Å². The molecule has 108 valence electrons. The van der Waals surface area contributed by atoms with Gasteiger partial charge in [0.05, 0.1) is 24.9 Å². The summed E-state index contributed by atoms with van der Waals surface area (Å²) in [6.45, 7) is 6.45. The summed E-state index contributed by atoms with van der Waals surface area (Å²) in [7, 11) is 0. The molecule has 6 unspecified atom stereocenters. The first-order valence-electron chi connectivity index (χ1n) is 7.13. The lowest BCUT2D eigenvalue weighted by atomic mass is 9.53. The summed E-state index contributed by atoms with van der Waals surface area (Å²) in [5.41, 5.74) is -0.635. The fourth-order valence-electron chi connectivity index (χ4n) is 4.47. The van der Waals surface area contributed by atoms with Crippen molar-refractivity contribution in [2.45, 2.75) is 63.9 Å². The van der Waals surface area contributed by atoms with E-state index in [1.54, 1.807) is 0 Å². The van der Waals surface area contributed by atoms with Gasteiger partial charge in [-0.1, -0.05) is 25.5 Å². The molecule has 0 bridgehead atoms. The zero-order valence-electron chi connectivity index (χ0n) is 11.9. The van der Waals surface area contributed by atoms with Crippen LogP contribution in [0.2, 0.25) is 0 Å². The van der Waals surface area contributed by atoms with E-state index in [-0.39, 0.29) is 0 Å². The van der Waals surface area contributed by atoms with E-state index in [2.05, 4.69) is 6.92 Å². The molecule has 19 heavy (non-hydrogen) atoms. The van der Waals surface area contributed by atoms with Crippen molar-refractivity contribution in [2.75, 3.05) is 6.61 Å². The van der Waals surface area contributed by atoms with Crippen LogP contribution in [0.15, 0.2) is 11.6 Å². The molecule has 0 aromatic heterocycles. The first-order chi connectivity index (χ1) is 8.78. The van der Waals surface area contributed by atoms with Crippen molar-refractivity contribution in [1.29, 1.82) is 0 Å². The average Bonchev–Trinajstić information content (AvgIpc) is 3.09. The largest absolute Gasteiger partial charge is 0.392 e. The molecule has 0 amide bonds. The highest BCUT2D eigenvalue weighted by Gasteiger charge is 2.74.